The first-order valence-corrected chi connectivity index (χ1v) is 12.6. The summed E-state index contributed by atoms with van der Waals surface area (Å²) < 4.78 is 10.4. The second-order valence-electron chi connectivity index (χ2n) is 6.12. The first kappa shape index (κ1) is 21.1. The molecule has 134 valence electrons. The van der Waals surface area contributed by atoms with Crippen molar-refractivity contribution in [1.29, 1.82) is 0 Å². The second kappa shape index (κ2) is 10.2. The molecule has 1 aliphatic rings. The Bertz CT molecular complexity index is 374. The van der Waals surface area contributed by atoms with Gasteiger partial charge in [0.1, 0.15) is 0 Å². The molecule has 0 amide bonds. The van der Waals surface area contributed by atoms with Gasteiger partial charge in [-0.3, -0.25) is 0 Å². The zero-order valence-electron chi connectivity index (χ0n) is 16.7. The van der Waals surface area contributed by atoms with Gasteiger partial charge >= 0.3 is 150 Å². The monoisotopic (exact) mass is 357 g/mol. The number of hydrogen-bond donors (Lipinski definition) is 0. The van der Waals surface area contributed by atoms with Crippen molar-refractivity contribution in [2.24, 2.45) is 0 Å². The molecule has 0 atom stereocenters. The van der Waals surface area contributed by atoms with Crippen LogP contribution in [0.1, 0.15) is 61.3 Å². The molecule has 0 unspecified atom stereocenters. The van der Waals surface area contributed by atoms with Crippen molar-refractivity contribution >= 4 is 0 Å². The van der Waals surface area contributed by atoms with E-state index in [9.17, 15) is 0 Å². The van der Waals surface area contributed by atoms with Crippen LogP contribution < -0.4 is 0 Å². The summed E-state index contributed by atoms with van der Waals surface area (Å²) >= 11 is -2.70. The van der Waals surface area contributed by atoms with E-state index >= 15 is 0 Å². The molecule has 1 rings (SSSR count). The van der Waals surface area contributed by atoms with Crippen LogP contribution in [0, 0.1) is 0 Å². The third kappa shape index (κ3) is 3.85. The van der Waals surface area contributed by atoms with Crippen molar-refractivity contribution in [1.82, 2.24) is 10.1 Å². The number of allylic oxidation sites excluding steroid dienone is 4. The number of hydrogen-bond acceptors (Lipinski definition) is 3. The molecule has 0 aromatic rings. The normalized spacial score (nSPS) is 15.7. The Hall–Kier alpha value is 0.0743. The average Bonchev–Trinajstić information content (AvgIpc) is 3.06. The molecule has 3 nitrogen and oxygen atoms in total. The van der Waals surface area contributed by atoms with Crippen LogP contribution in [-0.4, -0.2) is 49.4 Å². The SMILES string of the molecule is CCC1=[C]([Ti]([N](CC)CC)([N](CC)CC)[N](CC)CC)CC=C1. The molecule has 0 saturated carbocycles. The fraction of sp³-hybridized carbons (Fsp3) is 0.789. The summed E-state index contributed by atoms with van der Waals surface area (Å²) in [5.41, 5.74) is 1.62. The maximum atomic E-state index is 2.86. The Kier molecular flexibility index (Phi) is 9.32. The van der Waals surface area contributed by atoms with Gasteiger partial charge in [-0.05, 0) is 0 Å². The third-order valence-corrected chi connectivity index (χ3v) is 14.6. The van der Waals surface area contributed by atoms with Gasteiger partial charge in [-0.2, -0.15) is 0 Å². The molecule has 0 saturated heterocycles. The Morgan fingerprint density at radius 3 is 1.43 bits per heavy atom. The summed E-state index contributed by atoms with van der Waals surface area (Å²) in [5, 5.41) is 0. The summed E-state index contributed by atoms with van der Waals surface area (Å²) in [6, 6.07) is 0. The van der Waals surface area contributed by atoms with Crippen molar-refractivity contribution in [3.05, 3.63) is 21.6 Å². The Morgan fingerprint density at radius 1 is 0.739 bits per heavy atom. The van der Waals surface area contributed by atoms with Crippen LogP contribution >= 0.6 is 0 Å². The van der Waals surface area contributed by atoms with Crippen LogP contribution in [-0.2, 0) is 17.4 Å². The first-order valence-electron chi connectivity index (χ1n) is 9.76. The first-order chi connectivity index (χ1) is 11.1. The van der Waals surface area contributed by atoms with Gasteiger partial charge < -0.3 is 0 Å². The van der Waals surface area contributed by atoms with E-state index in [0.29, 0.717) is 0 Å². The molecular weight excluding hydrogens is 318 g/mol. The molecule has 0 spiro atoms. The average molecular weight is 357 g/mol. The molecule has 23 heavy (non-hydrogen) atoms. The van der Waals surface area contributed by atoms with Gasteiger partial charge in [-0.25, -0.2) is 0 Å². The zero-order chi connectivity index (χ0) is 17.5. The Labute approximate surface area is 149 Å². The molecule has 0 aromatic carbocycles. The van der Waals surface area contributed by atoms with E-state index in [1.807, 2.05) is 0 Å². The van der Waals surface area contributed by atoms with Gasteiger partial charge in [0.15, 0.2) is 0 Å². The van der Waals surface area contributed by atoms with Crippen molar-refractivity contribution in [2.45, 2.75) is 61.3 Å². The van der Waals surface area contributed by atoms with E-state index in [1.165, 1.54) is 12.8 Å². The van der Waals surface area contributed by atoms with E-state index in [2.05, 4.69) is 70.8 Å². The molecule has 0 radical (unpaired) electrons. The van der Waals surface area contributed by atoms with Gasteiger partial charge in [0.25, 0.3) is 0 Å². The number of rotatable bonds is 11. The van der Waals surface area contributed by atoms with Crippen LogP contribution in [0.15, 0.2) is 21.6 Å². The van der Waals surface area contributed by atoms with Crippen molar-refractivity contribution in [3.8, 4) is 0 Å². The van der Waals surface area contributed by atoms with E-state index in [1.54, 1.807) is 9.45 Å². The van der Waals surface area contributed by atoms with Crippen LogP contribution in [0.5, 0.6) is 0 Å². The molecule has 1 aliphatic carbocycles. The van der Waals surface area contributed by atoms with Crippen LogP contribution in [0.3, 0.4) is 0 Å². The topological polar surface area (TPSA) is 9.72 Å². The van der Waals surface area contributed by atoms with Gasteiger partial charge in [-0.15, -0.1) is 0 Å². The van der Waals surface area contributed by atoms with Gasteiger partial charge in [0, 0.05) is 0 Å². The van der Waals surface area contributed by atoms with E-state index in [0.717, 1.165) is 39.3 Å². The number of nitrogens with zero attached hydrogens (tertiary/aromatic N) is 3. The molecule has 0 N–H and O–H groups in total. The summed E-state index contributed by atoms with van der Waals surface area (Å²) in [7, 11) is 0. The third-order valence-electron chi connectivity index (χ3n) is 5.43. The van der Waals surface area contributed by atoms with Crippen molar-refractivity contribution < 1.29 is 17.4 Å². The Balaban J connectivity index is 3.64. The van der Waals surface area contributed by atoms with Gasteiger partial charge in [0.2, 0.25) is 0 Å². The quantitative estimate of drug-likeness (QED) is 0.503. The summed E-state index contributed by atoms with van der Waals surface area (Å²) in [6.07, 6.45) is 7.16. The summed E-state index contributed by atoms with van der Waals surface area (Å²) in [5.74, 6) is 0. The maximum absolute atomic E-state index is 2.86. The minimum atomic E-state index is -2.70. The van der Waals surface area contributed by atoms with Crippen molar-refractivity contribution in [3.63, 3.8) is 0 Å². The van der Waals surface area contributed by atoms with Crippen molar-refractivity contribution in [2.75, 3.05) is 39.3 Å². The molecule has 0 aromatic heterocycles. The van der Waals surface area contributed by atoms with E-state index in [-0.39, 0.29) is 0 Å². The Morgan fingerprint density at radius 2 is 1.13 bits per heavy atom. The molecule has 0 bridgehead atoms. The molecule has 0 heterocycles. The van der Waals surface area contributed by atoms with Crippen LogP contribution in [0.25, 0.3) is 0 Å². The standard InChI is InChI=1S/C7H9.3C4H10N.Ti/c1-2-7-5-3-4-6-7;3*1-3-5-4-2;/h3,5H,2,4H2,1H3;3*3-4H2,1-2H3;/q;3*-1;+3. The molecule has 0 fully saturated rings. The zero-order valence-corrected chi connectivity index (χ0v) is 18.2. The minimum absolute atomic E-state index is 1.16. The second-order valence-corrected chi connectivity index (χ2v) is 12.0. The van der Waals surface area contributed by atoms with E-state index in [4.69, 9.17) is 0 Å². The van der Waals surface area contributed by atoms with Gasteiger partial charge in [-0.1, -0.05) is 0 Å². The fourth-order valence-corrected chi connectivity index (χ4v) is 13.9. The van der Waals surface area contributed by atoms with E-state index < -0.39 is 17.4 Å². The van der Waals surface area contributed by atoms with Crippen LogP contribution in [0.2, 0.25) is 0 Å². The fourth-order valence-electron chi connectivity index (χ4n) is 4.40. The van der Waals surface area contributed by atoms with Crippen LogP contribution in [0.4, 0.5) is 0 Å². The molecular formula is C19H39N3Ti. The summed E-state index contributed by atoms with van der Waals surface area (Å²) in [6.45, 7) is 23.4. The summed E-state index contributed by atoms with van der Waals surface area (Å²) in [4.78, 5) is 0. The predicted molar refractivity (Wildman–Crippen MR) is 99.8 cm³/mol. The predicted octanol–water partition coefficient (Wildman–Crippen LogP) is 4.53. The molecule has 4 heteroatoms. The van der Waals surface area contributed by atoms with Gasteiger partial charge in [0.05, 0.1) is 0 Å². The molecule has 0 aliphatic heterocycles.